The summed E-state index contributed by atoms with van der Waals surface area (Å²) in [5.74, 6) is 0.0889. The molecule has 0 saturated heterocycles. The zero-order valence-electron chi connectivity index (χ0n) is 13.9. The average molecular weight is 306 g/mol. The highest BCUT2D eigenvalue weighted by molar-refractivity contribution is 5.79. The summed E-state index contributed by atoms with van der Waals surface area (Å²) in [4.78, 5) is 23.6. The molecule has 0 bridgehead atoms. The van der Waals surface area contributed by atoms with E-state index in [4.69, 9.17) is 9.47 Å². The largest absolute Gasteiger partial charge is 0.462 e. The number of benzene rings is 1. The molecule has 0 N–H and O–H groups in total. The Morgan fingerprint density at radius 2 is 1.68 bits per heavy atom. The molecule has 0 aliphatic rings. The number of carbonyl (C=O) groups excluding carboxylic acids is 2. The molecule has 22 heavy (non-hydrogen) atoms. The molecule has 0 amide bonds. The van der Waals surface area contributed by atoms with Gasteiger partial charge in [-0.1, -0.05) is 45.9 Å². The molecule has 0 saturated carbocycles. The average Bonchev–Trinajstić information content (AvgIpc) is 2.50. The molecule has 1 aromatic carbocycles. The van der Waals surface area contributed by atoms with E-state index in [2.05, 4.69) is 0 Å². The molecule has 0 fully saturated rings. The second-order valence-electron chi connectivity index (χ2n) is 5.62. The van der Waals surface area contributed by atoms with E-state index >= 15 is 0 Å². The topological polar surface area (TPSA) is 52.6 Å². The van der Waals surface area contributed by atoms with E-state index in [1.807, 2.05) is 45.9 Å². The van der Waals surface area contributed by atoms with Crippen LogP contribution in [0.2, 0.25) is 0 Å². The first kappa shape index (κ1) is 18.2. The Kier molecular flexibility index (Phi) is 7.64. The fourth-order valence-corrected chi connectivity index (χ4v) is 2.19. The molecule has 0 aromatic heterocycles. The Bertz CT molecular complexity index is 494. The first-order chi connectivity index (χ1) is 10.5. The van der Waals surface area contributed by atoms with Crippen molar-refractivity contribution in [2.75, 3.05) is 0 Å². The van der Waals surface area contributed by atoms with Crippen LogP contribution in [0.3, 0.4) is 0 Å². The van der Waals surface area contributed by atoms with Gasteiger partial charge in [-0.2, -0.15) is 0 Å². The van der Waals surface area contributed by atoms with E-state index in [0.29, 0.717) is 5.75 Å². The SMILES string of the molecule is CCc1ccccc1OC(=O)CCC(=O)OC(CC)C(C)C. The molecular formula is C18H26O4. The highest BCUT2D eigenvalue weighted by Gasteiger charge is 2.17. The lowest BCUT2D eigenvalue weighted by Gasteiger charge is -2.19. The van der Waals surface area contributed by atoms with Gasteiger partial charge >= 0.3 is 11.9 Å². The summed E-state index contributed by atoms with van der Waals surface area (Å²) in [5.41, 5.74) is 0.976. The number of para-hydroxylation sites is 1. The van der Waals surface area contributed by atoms with Crippen molar-refractivity contribution in [2.45, 2.75) is 59.5 Å². The molecule has 1 rings (SSSR count). The van der Waals surface area contributed by atoms with Crippen LogP contribution >= 0.6 is 0 Å². The summed E-state index contributed by atoms with van der Waals surface area (Å²) in [7, 11) is 0. The molecule has 0 aliphatic carbocycles. The Morgan fingerprint density at radius 3 is 2.27 bits per heavy atom. The number of esters is 2. The van der Waals surface area contributed by atoms with Gasteiger partial charge in [-0.3, -0.25) is 9.59 Å². The van der Waals surface area contributed by atoms with Gasteiger partial charge in [0.25, 0.3) is 0 Å². The summed E-state index contributed by atoms with van der Waals surface area (Å²) in [5, 5.41) is 0. The van der Waals surface area contributed by atoms with Crippen LogP contribution in [0.5, 0.6) is 5.75 Å². The molecule has 122 valence electrons. The van der Waals surface area contributed by atoms with Gasteiger partial charge in [0.05, 0.1) is 12.8 Å². The Hall–Kier alpha value is -1.84. The fourth-order valence-electron chi connectivity index (χ4n) is 2.19. The zero-order valence-corrected chi connectivity index (χ0v) is 13.9. The highest BCUT2D eigenvalue weighted by Crippen LogP contribution is 2.19. The summed E-state index contributed by atoms with van der Waals surface area (Å²) in [6.45, 7) is 8.00. The van der Waals surface area contributed by atoms with Crippen molar-refractivity contribution in [3.8, 4) is 5.75 Å². The number of rotatable bonds is 8. The van der Waals surface area contributed by atoms with Crippen LogP contribution in [0.4, 0.5) is 0 Å². The molecule has 1 unspecified atom stereocenters. The van der Waals surface area contributed by atoms with Gasteiger partial charge in [0.15, 0.2) is 0 Å². The minimum atomic E-state index is -0.407. The van der Waals surface area contributed by atoms with Gasteiger partial charge in [0.2, 0.25) is 0 Å². The van der Waals surface area contributed by atoms with Crippen molar-refractivity contribution in [3.05, 3.63) is 29.8 Å². The Balaban J connectivity index is 2.44. The molecule has 4 heteroatoms. The minimum absolute atomic E-state index is 0.0331. The summed E-state index contributed by atoms with van der Waals surface area (Å²) < 4.78 is 10.7. The van der Waals surface area contributed by atoms with Gasteiger partial charge in [0, 0.05) is 0 Å². The van der Waals surface area contributed by atoms with Gasteiger partial charge in [-0.15, -0.1) is 0 Å². The van der Waals surface area contributed by atoms with E-state index in [1.165, 1.54) is 0 Å². The van der Waals surface area contributed by atoms with E-state index in [0.717, 1.165) is 18.4 Å². The number of ether oxygens (including phenoxy) is 2. The standard InChI is InChI=1S/C18H26O4/c1-5-14-9-7-8-10-16(14)22-18(20)12-11-17(19)21-15(6-2)13(3)4/h7-10,13,15H,5-6,11-12H2,1-4H3. The maximum atomic E-state index is 11.8. The monoisotopic (exact) mass is 306 g/mol. The highest BCUT2D eigenvalue weighted by atomic mass is 16.5. The third-order valence-corrected chi connectivity index (χ3v) is 3.54. The smallest absolute Gasteiger partial charge is 0.311 e. The van der Waals surface area contributed by atoms with E-state index in [-0.39, 0.29) is 30.8 Å². The number of hydrogen-bond donors (Lipinski definition) is 0. The zero-order chi connectivity index (χ0) is 16.5. The van der Waals surface area contributed by atoms with Crippen molar-refractivity contribution in [1.29, 1.82) is 0 Å². The number of carbonyl (C=O) groups is 2. The van der Waals surface area contributed by atoms with Gasteiger partial charge in [-0.25, -0.2) is 0 Å². The number of aryl methyl sites for hydroxylation is 1. The normalized spacial score (nSPS) is 12.0. The van der Waals surface area contributed by atoms with Crippen LogP contribution < -0.4 is 4.74 Å². The molecule has 1 atom stereocenters. The maximum Gasteiger partial charge on any atom is 0.311 e. The van der Waals surface area contributed by atoms with Crippen LogP contribution in [-0.4, -0.2) is 18.0 Å². The lowest BCUT2D eigenvalue weighted by molar-refractivity contribution is -0.153. The summed E-state index contributed by atoms with van der Waals surface area (Å²) in [6, 6.07) is 7.42. The maximum absolute atomic E-state index is 11.8. The quantitative estimate of drug-likeness (QED) is 0.539. The van der Waals surface area contributed by atoms with Crippen LogP contribution in [0.25, 0.3) is 0 Å². The molecule has 0 aliphatic heterocycles. The first-order valence-corrected chi connectivity index (χ1v) is 7.95. The second kappa shape index (κ2) is 9.23. The predicted molar refractivity (Wildman–Crippen MR) is 85.7 cm³/mol. The van der Waals surface area contributed by atoms with Crippen LogP contribution in [0.15, 0.2) is 24.3 Å². The van der Waals surface area contributed by atoms with Crippen LogP contribution in [0.1, 0.15) is 52.5 Å². The van der Waals surface area contributed by atoms with Crippen LogP contribution in [0, 0.1) is 5.92 Å². The van der Waals surface area contributed by atoms with Crippen molar-refractivity contribution in [3.63, 3.8) is 0 Å². The third kappa shape index (κ3) is 5.88. The first-order valence-electron chi connectivity index (χ1n) is 7.95. The van der Waals surface area contributed by atoms with Crippen molar-refractivity contribution in [1.82, 2.24) is 0 Å². The lowest BCUT2D eigenvalue weighted by atomic mass is 10.1. The molecule has 0 spiro atoms. The molecule has 0 heterocycles. The Morgan fingerprint density at radius 1 is 1.05 bits per heavy atom. The molecule has 0 radical (unpaired) electrons. The Labute approximate surface area is 132 Å². The lowest BCUT2D eigenvalue weighted by Crippen LogP contribution is -2.23. The van der Waals surface area contributed by atoms with Crippen molar-refractivity contribution in [2.24, 2.45) is 5.92 Å². The minimum Gasteiger partial charge on any atom is -0.462 e. The van der Waals surface area contributed by atoms with Gasteiger partial charge < -0.3 is 9.47 Å². The molecular weight excluding hydrogens is 280 g/mol. The number of hydrogen-bond acceptors (Lipinski definition) is 4. The predicted octanol–water partition coefficient (Wildman–Crippen LogP) is 3.91. The summed E-state index contributed by atoms with van der Waals surface area (Å²) in [6.07, 6.45) is 1.56. The van der Waals surface area contributed by atoms with Gasteiger partial charge in [0.1, 0.15) is 11.9 Å². The van der Waals surface area contributed by atoms with Crippen molar-refractivity contribution < 1.29 is 19.1 Å². The van der Waals surface area contributed by atoms with E-state index in [9.17, 15) is 9.59 Å². The van der Waals surface area contributed by atoms with Crippen LogP contribution in [-0.2, 0) is 20.7 Å². The van der Waals surface area contributed by atoms with Crippen molar-refractivity contribution >= 4 is 11.9 Å². The van der Waals surface area contributed by atoms with E-state index < -0.39 is 5.97 Å². The summed E-state index contributed by atoms with van der Waals surface area (Å²) >= 11 is 0. The molecule has 4 nitrogen and oxygen atoms in total. The fraction of sp³-hybridized carbons (Fsp3) is 0.556. The second-order valence-corrected chi connectivity index (χ2v) is 5.62. The van der Waals surface area contributed by atoms with E-state index in [1.54, 1.807) is 6.07 Å². The third-order valence-electron chi connectivity index (χ3n) is 3.54. The van der Waals surface area contributed by atoms with Gasteiger partial charge in [-0.05, 0) is 30.4 Å². The molecule has 1 aromatic rings.